The van der Waals surface area contributed by atoms with Crippen LogP contribution in [0.5, 0.6) is 5.75 Å². The van der Waals surface area contributed by atoms with Gasteiger partial charge in [0.25, 0.3) is 0 Å². The second-order valence-corrected chi connectivity index (χ2v) is 3.83. The highest BCUT2D eigenvalue weighted by atomic mass is 16.7. The molecule has 0 radical (unpaired) electrons. The van der Waals surface area contributed by atoms with Crippen LogP contribution in [0, 0.1) is 5.92 Å². The predicted octanol–water partition coefficient (Wildman–Crippen LogP) is 2.48. The minimum absolute atomic E-state index is 0.562. The third kappa shape index (κ3) is 4.49. The second-order valence-electron chi connectivity index (χ2n) is 3.83. The van der Waals surface area contributed by atoms with Gasteiger partial charge in [0.1, 0.15) is 0 Å². The van der Waals surface area contributed by atoms with E-state index < -0.39 is 0 Å². The maximum absolute atomic E-state index is 10.7. The highest BCUT2D eigenvalue weighted by molar-refractivity contribution is 5.45. The summed E-state index contributed by atoms with van der Waals surface area (Å²) in [5, 5.41) is 1.33. The topological polar surface area (TPSA) is 29.5 Å². The van der Waals surface area contributed by atoms with Gasteiger partial charge < -0.3 is 4.84 Å². The molecular formula is C12H17NO2. The Balaban J connectivity index is 2.43. The van der Waals surface area contributed by atoms with E-state index in [1.54, 1.807) is 0 Å². The molecule has 0 atom stereocenters. The molecule has 0 aliphatic carbocycles. The molecule has 3 nitrogen and oxygen atoms in total. The maximum Gasteiger partial charge on any atom is 0.242 e. The number of carbonyl (C=O) groups is 1. The van der Waals surface area contributed by atoms with Crippen LogP contribution in [0.2, 0.25) is 0 Å². The first kappa shape index (κ1) is 11.6. The van der Waals surface area contributed by atoms with Gasteiger partial charge in [-0.3, -0.25) is 4.79 Å². The average molecular weight is 207 g/mol. The van der Waals surface area contributed by atoms with Crippen LogP contribution in [0.3, 0.4) is 0 Å². The smallest absolute Gasteiger partial charge is 0.242 e. The van der Waals surface area contributed by atoms with Gasteiger partial charge in [-0.05, 0) is 24.5 Å². The molecule has 1 aromatic carbocycles. The average Bonchev–Trinajstić information content (AvgIpc) is 2.25. The molecule has 0 aromatic heterocycles. The molecule has 0 unspecified atom stereocenters. The van der Waals surface area contributed by atoms with Crippen molar-refractivity contribution in [2.75, 3.05) is 6.54 Å². The molecule has 0 saturated heterocycles. The molecule has 3 heteroatoms. The lowest BCUT2D eigenvalue weighted by atomic mass is 10.1. The standard InChI is InChI=1S/C12H17NO2/c1-11(2)8-9-13(10-14)15-12-6-4-3-5-7-12/h3-7,10-11H,8-9H2,1-2H3. The van der Waals surface area contributed by atoms with Crippen LogP contribution >= 0.6 is 0 Å². The van der Waals surface area contributed by atoms with E-state index in [1.807, 2.05) is 30.3 Å². The Kier molecular flexibility index (Phi) is 4.68. The fraction of sp³-hybridized carbons (Fsp3) is 0.417. The zero-order valence-electron chi connectivity index (χ0n) is 9.22. The number of nitrogens with zero attached hydrogens (tertiary/aromatic N) is 1. The summed E-state index contributed by atoms with van der Waals surface area (Å²) in [6, 6.07) is 9.31. The maximum atomic E-state index is 10.7. The van der Waals surface area contributed by atoms with E-state index in [0.29, 0.717) is 18.2 Å². The molecule has 0 saturated carbocycles. The Morgan fingerprint density at radius 1 is 1.33 bits per heavy atom. The summed E-state index contributed by atoms with van der Waals surface area (Å²) in [6.45, 7) is 4.85. The van der Waals surface area contributed by atoms with Gasteiger partial charge in [0.2, 0.25) is 6.41 Å². The minimum atomic E-state index is 0.562. The van der Waals surface area contributed by atoms with Gasteiger partial charge in [0.15, 0.2) is 5.75 Å². The zero-order chi connectivity index (χ0) is 11.1. The highest BCUT2D eigenvalue weighted by Crippen LogP contribution is 2.10. The number of hydroxylamine groups is 2. The molecule has 82 valence electrons. The third-order valence-electron chi connectivity index (χ3n) is 2.01. The number of hydrogen-bond donors (Lipinski definition) is 0. The Morgan fingerprint density at radius 3 is 2.53 bits per heavy atom. The molecule has 0 spiro atoms. The van der Waals surface area contributed by atoms with Crippen LogP contribution in [-0.4, -0.2) is 18.0 Å². The first-order chi connectivity index (χ1) is 7.22. The van der Waals surface area contributed by atoms with E-state index in [1.165, 1.54) is 5.06 Å². The lowest BCUT2D eigenvalue weighted by Gasteiger charge is -2.18. The fourth-order valence-corrected chi connectivity index (χ4v) is 1.12. The van der Waals surface area contributed by atoms with E-state index in [9.17, 15) is 4.79 Å². The number of hydrogen-bond acceptors (Lipinski definition) is 2. The largest absolute Gasteiger partial charge is 0.377 e. The monoisotopic (exact) mass is 207 g/mol. The molecule has 0 aliphatic heterocycles. The van der Waals surface area contributed by atoms with Crippen molar-refractivity contribution in [1.82, 2.24) is 5.06 Å². The van der Waals surface area contributed by atoms with Crippen molar-refractivity contribution in [2.45, 2.75) is 20.3 Å². The van der Waals surface area contributed by atoms with Crippen molar-refractivity contribution in [3.05, 3.63) is 30.3 Å². The van der Waals surface area contributed by atoms with Crippen molar-refractivity contribution < 1.29 is 9.63 Å². The van der Waals surface area contributed by atoms with E-state index in [-0.39, 0.29) is 0 Å². The Hall–Kier alpha value is -1.51. The molecule has 1 rings (SSSR count). The highest BCUT2D eigenvalue weighted by Gasteiger charge is 2.04. The Morgan fingerprint density at radius 2 is 2.00 bits per heavy atom. The van der Waals surface area contributed by atoms with Gasteiger partial charge in [-0.15, -0.1) is 0 Å². The van der Waals surface area contributed by atoms with Crippen LogP contribution < -0.4 is 4.84 Å². The summed E-state index contributed by atoms with van der Waals surface area (Å²) in [4.78, 5) is 16.1. The SMILES string of the molecule is CC(C)CCN(C=O)Oc1ccccc1. The van der Waals surface area contributed by atoms with Gasteiger partial charge in [-0.2, -0.15) is 5.06 Å². The summed E-state index contributed by atoms with van der Waals surface area (Å²) < 4.78 is 0. The van der Waals surface area contributed by atoms with E-state index >= 15 is 0 Å². The molecule has 0 fully saturated rings. The summed E-state index contributed by atoms with van der Waals surface area (Å²) in [5.41, 5.74) is 0. The summed E-state index contributed by atoms with van der Waals surface area (Å²) >= 11 is 0. The van der Waals surface area contributed by atoms with E-state index in [0.717, 1.165) is 12.8 Å². The van der Waals surface area contributed by atoms with Crippen molar-refractivity contribution in [1.29, 1.82) is 0 Å². The van der Waals surface area contributed by atoms with Crippen molar-refractivity contribution in [3.63, 3.8) is 0 Å². The predicted molar refractivity (Wildman–Crippen MR) is 59.3 cm³/mol. The Bertz CT molecular complexity index is 285. The lowest BCUT2D eigenvalue weighted by Crippen LogP contribution is -2.27. The summed E-state index contributed by atoms with van der Waals surface area (Å²) in [6.07, 6.45) is 1.65. The zero-order valence-corrected chi connectivity index (χ0v) is 9.22. The third-order valence-corrected chi connectivity index (χ3v) is 2.01. The van der Waals surface area contributed by atoms with Gasteiger partial charge in [0, 0.05) is 0 Å². The van der Waals surface area contributed by atoms with Gasteiger partial charge >= 0.3 is 0 Å². The molecular weight excluding hydrogens is 190 g/mol. The minimum Gasteiger partial charge on any atom is -0.377 e. The van der Waals surface area contributed by atoms with E-state index in [2.05, 4.69) is 13.8 Å². The van der Waals surface area contributed by atoms with Crippen LogP contribution in [0.15, 0.2) is 30.3 Å². The molecule has 1 aromatic rings. The normalized spacial score (nSPS) is 10.1. The first-order valence-electron chi connectivity index (χ1n) is 5.17. The van der Waals surface area contributed by atoms with Crippen LogP contribution in [0.25, 0.3) is 0 Å². The van der Waals surface area contributed by atoms with Crippen molar-refractivity contribution in [2.24, 2.45) is 5.92 Å². The quantitative estimate of drug-likeness (QED) is 0.530. The number of benzene rings is 1. The molecule has 0 heterocycles. The fourth-order valence-electron chi connectivity index (χ4n) is 1.12. The molecule has 0 N–H and O–H groups in total. The van der Waals surface area contributed by atoms with Gasteiger partial charge in [-0.1, -0.05) is 32.0 Å². The molecule has 15 heavy (non-hydrogen) atoms. The second kappa shape index (κ2) is 6.06. The van der Waals surface area contributed by atoms with Crippen LogP contribution in [0.1, 0.15) is 20.3 Å². The number of carbonyl (C=O) groups excluding carboxylic acids is 1. The van der Waals surface area contributed by atoms with E-state index in [4.69, 9.17) is 4.84 Å². The molecule has 1 amide bonds. The summed E-state index contributed by atoms with van der Waals surface area (Å²) in [5.74, 6) is 1.25. The first-order valence-corrected chi connectivity index (χ1v) is 5.17. The van der Waals surface area contributed by atoms with Crippen molar-refractivity contribution >= 4 is 6.41 Å². The molecule has 0 bridgehead atoms. The lowest BCUT2D eigenvalue weighted by molar-refractivity contribution is -0.142. The van der Waals surface area contributed by atoms with Crippen LogP contribution in [-0.2, 0) is 4.79 Å². The number of rotatable bonds is 6. The Labute approximate surface area is 90.6 Å². The number of amides is 1. The summed E-state index contributed by atoms with van der Waals surface area (Å²) in [7, 11) is 0. The molecule has 0 aliphatic rings. The van der Waals surface area contributed by atoms with Gasteiger partial charge in [-0.25, -0.2) is 0 Å². The van der Waals surface area contributed by atoms with Crippen LogP contribution in [0.4, 0.5) is 0 Å². The van der Waals surface area contributed by atoms with Crippen molar-refractivity contribution in [3.8, 4) is 5.75 Å². The van der Waals surface area contributed by atoms with Gasteiger partial charge in [0.05, 0.1) is 6.54 Å². The number of para-hydroxylation sites is 1.